The molecule has 0 spiro atoms. The van der Waals surface area contributed by atoms with Gasteiger partial charge in [0.2, 0.25) is 0 Å². The molecule has 0 saturated carbocycles. The fourth-order valence-corrected chi connectivity index (χ4v) is 3.61. The number of rotatable bonds is 4. The Morgan fingerprint density at radius 3 is 2.64 bits per heavy atom. The van der Waals surface area contributed by atoms with Gasteiger partial charge in [-0.2, -0.15) is 0 Å². The lowest BCUT2D eigenvalue weighted by molar-refractivity contribution is 0.0701. The first-order valence-electron chi connectivity index (χ1n) is 7.19. The first-order valence-corrected chi connectivity index (χ1v) is 8.38. The Morgan fingerprint density at radius 2 is 2.04 bits per heavy atom. The number of carboxylic acid groups (broad SMARTS) is 1. The topological polar surface area (TPSA) is 92.3 Å². The second kappa shape index (κ2) is 6.70. The third kappa shape index (κ3) is 3.29. The zero-order valence-corrected chi connectivity index (χ0v) is 14.9. The molecule has 6 nitrogen and oxygen atoms in total. The molecule has 3 aromatic rings. The molecule has 0 saturated heterocycles. The van der Waals surface area contributed by atoms with Crippen LogP contribution in [0.2, 0.25) is 0 Å². The van der Waals surface area contributed by atoms with E-state index in [0.29, 0.717) is 10.4 Å². The Hall–Kier alpha value is -2.64. The van der Waals surface area contributed by atoms with E-state index in [2.05, 4.69) is 9.97 Å². The van der Waals surface area contributed by atoms with Gasteiger partial charge in [-0.15, -0.1) is 11.3 Å². The standard InChI is InChI=1S/C17H13ClN2O4S/c1-8-12-15(21)19-14(20-16(12)25-13(8)17(22)23)11(18)7-9-3-5-10(24-2)6-4-9/h3-7H,1-2H3,(H,22,23)(H,19,20,21)/b11-7-. The second-order valence-corrected chi connectivity index (χ2v) is 6.63. The third-order valence-corrected chi connectivity index (χ3v) is 5.09. The molecule has 0 atom stereocenters. The summed E-state index contributed by atoms with van der Waals surface area (Å²) in [5.41, 5.74) is 0.799. The number of aromatic amines is 1. The molecule has 0 radical (unpaired) electrons. The number of thiophene rings is 1. The second-order valence-electron chi connectivity index (χ2n) is 5.22. The predicted molar refractivity (Wildman–Crippen MR) is 98.7 cm³/mol. The summed E-state index contributed by atoms with van der Waals surface area (Å²) in [4.78, 5) is 30.9. The van der Waals surface area contributed by atoms with Crippen molar-refractivity contribution in [3.8, 4) is 5.75 Å². The Balaban J connectivity index is 2.07. The molecule has 0 aliphatic rings. The highest BCUT2D eigenvalue weighted by molar-refractivity contribution is 7.20. The molecular formula is C17H13ClN2O4S. The fourth-order valence-electron chi connectivity index (χ4n) is 2.38. The molecule has 0 amide bonds. The maximum absolute atomic E-state index is 12.3. The van der Waals surface area contributed by atoms with Crippen molar-refractivity contribution >= 4 is 50.2 Å². The van der Waals surface area contributed by atoms with Gasteiger partial charge in [-0.05, 0) is 36.3 Å². The van der Waals surface area contributed by atoms with Crippen molar-refractivity contribution in [2.75, 3.05) is 7.11 Å². The highest BCUT2D eigenvalue weighted by atomic mass is 35.5. The van der Waals surface area contributed by atoms with Gasteiger partial charge >= 0.3 is 5.97 Å². The molecule has 3 rings (SSSR count). The summed E-state index contributed by atoms with van der Waals surface area (Å²) >= 11 is 7.24. The summed E-state index contributed by atoms with van der Waals surface area (Å²) in [5, 5.41) is 9.72. The lowest BCUT2D eigenvalue weighted by Crippen LogP contribution is -2.10. The molecule has 2 heterocycles. The molecule has 0 fully saturated rings. The highest BCUT2D eigenvalue weighted by Gasteiger charge is 2.19. The van der Waals surface area contributed by atoms with Crippen molar-refractivity contribution in [2.45, 2.75) is 6.92 Å². The molecule has 8 heteroatoms. The molecule has 0 bridgehead atoms. The summed E-state index contributed by atoms with van der Waals surface area (Å²) in [6.45, 7) is 1.59. The molecule has 25 heavy (non-hydrogen) atoms. The molecule has 0 unspecified atom stereocenters. The van der Waals surface area contributed by atoms with E-state index >= 15 is 0 Å². The Morgan fingerprint density at radius 1 is 1.36 bits per heavy atom. The van der Waals surface area contributed by atoms with Gasteiger partial charge in [0.25, 0.3) is 5.56 Å². The minimum Gasteiger partial charge on any atom is -0.497 e. The van der Waals surface area contributed by atoms with Crippen LogP contribution >= 0.6 is 22.9 Å². The van der Waals surface area contributed by atoms with Gasteiger partial charge in [-0.1, -0.05) is 23.7 Å². The zero-order chi connectivity index (χ0) is 18.1. The number of methoxy groups -OCH3 is 1. The SMILES string of the molecule is COc1ccc(/C=C(\Cl)c2nc3sc(C(=O)O)c(C)c3c(=O)[nH]2)cc1. The average Bonchev–Trinajstić information content (AvgIpc) is 2.93. The maximum atomic E-state index is 12.3. The Bertz CT molecular complexity index is 1050. The van der Waals surface area contributed by atoms with Crippen molar-refractivity contribution in [1.82, 2.24) is 9.97 Å². The molecular weight excluding hydrogens is 364 g/mol. The number of halogens is 1. The monoisotopic (exact) mass is 376 g/mol. The number of aromatic carboxylic acids is 1. The number of aryl methyl sites for hydroxylation is 1. The van der Waals surface area contributed by atoms with Crippen LogP contribution in [0.1, 0.15) is 26.6 Å². The van der Waals surface area contributed by atoms with E-state index in [4.69, 9.17) is 16.3 Å². The van der Waals surface area contributed by atoms with Crippen LogP contribution in [0.25, 0.3) is 21.3 Å². The number of carbonyl (C=O) groups is 1. The summed E-state index contributed by atoms with van der Waals surface area (Å²) in [7, 11) is 1.58. The summed E-state index contributed by atoms with van der Waals surface area (Å²) < 4.78 is 5.10. The van der Waals surface area contributed by atoms with Gasteiger partial charge < -0.3 is 14.8 Å². The van der Waals surface area contributed by atoms with Crippen molar-refractivity contribution in [3.63, 3.8) is 0 Å². The van der Waals surface area contributed by atoms with Gasteiger partial charge in [0.1, 0.15) is 15.5 Å². The quantitative estimate of drug-likeness (QED) is 0.723. The maximum Gasteiger partial charge on any atom is 0.346 e. The average molecular weight is 377 g/mol. The summed E-state index contributed by atoms with van der Waals surface area (Å²) in [6.07, 6.45) is 1.66. The Labute approximate surface area is 151 Å². The van der Waals surface area contributed by atoms with E-state index in [0.717, 1.165) is 22.6 Å². The largest absolute Gasteiger partial charge is 0.497 e. The minimum absolute atomic E-state index is 0.0976. The minimum atomic E-state index is -1.08. The number of nitrogens with zero attached hydrogens (tertiary/aromatic N) is 1. The van der Waals surface area contributed by atoms with Gasteiger partial charge in [0, 0.05) is 0 Å². The van der Waals surface area contributed by atoms with Crippen LogP contribution in [0.3, 0.4) is 0 Å². The first kappa shape index (κ1) is 17.2. The van der Waals surface area contributed by atoms with Crippen molar-refractivity contribution < 1.29 is 14.6 Å². The molecule has 0 aliphatic heterocycles. The number of nitrogens with one attached hydrogen (secondary N) is 1. The van der Waals surface area contributed by atoms with Crippen LogP contribution in [0.5, 0.6) is 5.75 Å². The molecule has 2 aromatic heterocycles. The van der Waals surface area contributed by atoms with E-state index in [1.807, 2.05) is 12.1 Å². The Kier molecular flexibility index (Phi) is 4.61. The smallest absolute Gasteiger partial charge is 0.346 e. The first-order chi connectivity index (χ1) is 11.9. The highest BCUT2D eigenvalue weighted by Crippen LogP contribution is 2.28. The molecule has 1 aromatic carbocycles. The van der Waals surface area contributed by atoms with Crippen LogP contribution in [0.4, 0.5) is 0 Å². The number of ether oxygens (including phenoxy) is 1. The molecule has 0 aliphatic carbocycles. The molecule has 2 N–H and O–H groups in total. The van der Waals surface area contributed by atoms with Crippen LogP contribution in [0.15, 0.2) is 29.1 Å². The number of H-pyrrole nitrogens is 1. The molecule has 128 valence electrons. The van der Waals surface area contributed by atoms with Crippen LogP contribution in [0, 0.1) is 6.92 Å². The van der Waals surface area contributed by atoms with Crippen LogP contribution in [-0.4, -0.2) is 28.2 Å². The summed E-state index contributed by atoms with van der Waals surface area (Å²) in [5.74, 6) is -0.175. The van der Waals surface area contributed by atoms with Gasteiger partial charge in [0.05, 0.1) is 17.5 Å². The van der Waals surface area contributed by atoms with E-state index in [1.165, 1.54) is 0 Å². The number of fused-ring (bicyclic) bond motifs is 1. The van der Waals surface area contributed by atoms with Gasteiger partial charge in [0.15, 0.2) is 5.82 Å². The lowest BCUT2D eigenvalue weighted by Gasteiger charge is -2.02. The number of hydrogen-bond acceptors (Lipinski definition) is 5. The van der Waals surface area contributed by atoms with E-state index in [1.54, 1.807) is 32.2 Å². The lowest BCUT2D eigenvalue weighted by atomic mass is 10.2. The normalized spacial score (nSPS) is 11.7. The van der Waals surface area contributed by atoms with E-state index in [-0.39, 0.29) is 21.1 Å². The van der Waals surface area contributed by atoms with E-state index < -0.39 is 11.5 Å². The third-order valence-electron chi connectivity index (χ3n) is 3.63. The number of benzene rings is 1. The van der Waals surface area contributed by atoms with Crippen molar-refractivity contribution in [1.29, 1.82) is 0 Å². The van der Waals surface area contributed by atoms with Gasteiger partial charge in [-0.3, -0.25) is 4.79 Å². The van der Waals surface area contributed by atoms with Crippen LogP contribution in [-0.2, 0) is 0 Å². The van der Waals surface area contributed by atoms with Gasteiger partial charge in [-0.25, -0.2) is 9.78 Å². The zero-order valence-electron chi connectivity index (χ0n) is 13.3. The number of hydrogen-bond donors (Lipinski definition) is 2. The fraction of sp³-hybridized carbons (Fsp3) is 0.118. The van der Waals surface area contributed by atoms with Crippen molar-refractivity contribution in [2.24, 2.45) is 0 Å². The number of aromatic nitrogens is 2. The van der Waals surface area contributed by atoms with Crippen LogP contribution < -0.4 is 10.3 Å². The van der Waals surface area contributed by atoms with E-state index in [9.17, 15) is 14.7 Å². The number of carboxylic acids is 1. The predicted octanol–water partition coefficient (Wildman–Crippen LogP) is 3.74. The van der Waals surface area contributed by atoms with Crippen molar-refractivity contribution in [3.05, 3.63) is 56.4 Å². The summed E-state index contributed by atoms with van der Waals surface area (Å²) in [6, 6.07) is 7.21.